The van der Waals surface area contributed by atoms with Gasteiger partial charge in [0.05, 0.1) is 6.10 Å². The number of rotatable bonds is 7. The summed E-state index contributed by atoms with van der Waals surface area (Å²) in [5.41, 5.74) is 6.49. The number of nitrogen functional groups attached to an aromatic ring is 1. The molecule has 0 bridgehead atoms. The Morgan fingerprint density at radius 1 is 1.35 bits per heavy atom. The lowest BCUT2D eigenvalue weighted by Crippen LogP contribution is -2.22. The standard InChI is InChI=1S/C14H25N3O2S/c1-6-16-13(18)12-10(15)11(19-9(4)5)14(20-12)17-7-8(2)3/h8-9,17H,6-7,15H2,1-5H3,(H,16,18). The van der Waals surface area contributed by atoms with Gasteiger partial charge in [0.15, 0.2) is 5.75 Å². The lowest BCUT2D eigenvalue weighted by molar-refractivity contribution is 0.0960. The van der Waals surface area contributed by atoms with E-state index in [1.807, 2.05) is 20.8 Å². The molecule has 0 aromatic carbocycles. The summed E-state index contributed by atoms with van der Waals surface area (Å²) < 4.78 is 5.76. The number of carbonyl (C=O) groups excluding carboxylic acids is 1. The summed E-state index contributed by atoms with van der Waals surface area (Å²) in [4.78, 5) is 12.5. The fourth-order valence-corrected chi connectivity index (χ4v) is 2.58. The summed E-state index contributed by atoms with van der Waals surface area (Å²) in [5, 5.41) is 6.90. The number of carbonyl (C=O) groups is 1. The van der Waals surface area contributed by atoms with E-state index < -0.39 is 0 Å². The van der Waals surface area contributed by atoms with E-state index in [1.165, 1.54) is 11.3 Å². The molecule has 6 heteroatoms. The van der Waals surface area contributed by atoms with E-state index in [2.05, 4.69) is 24.5 Å². The van der Waals surface area contributed by atoms with Gasteiger partial charge in [-0.2, -0.15) is 0 Å². The number of anilines is 2. The van der Waals surface area contributed by atoms with E-state index in [0.717, 1.165) is 11.5 Å². The number of nitrogens with one attached hydrogen (secondary N) is 2. The van der Waals surface area contributed by atoms with Gasteiger partial charge in [-0.25, -0.2) is 0 Å². The summed E-state index contributed by atoms with van der Waals surface area (Å²) in [6, 6.07) is 0. The van der Waals surface area contributed by atoms with Gasteiger partial charge in [0.25, 0.3) is 5.91 Å². The first-order chi connectivity index (χ1) is 9.36. The van der Waals surface area contributed by atoms with Crippen LogP contribution in [0.4, 0.5) is 10.7 Å². The first-order valence-corrected chi connectivity index (χ1v) is 7.79. The molecule has 0 aliphatic carbocycles. The van der Waals surface area contributed by atoms with E-state index >= 15 is 0 Å². The van der Waals surface area contributed by atoms with Crippen LogP contribution in [-0.4, -0.2) is 25.1 Å². The fraction of sp³-hybridized carbons (Fsp3) is 0.643. The van der Waals surface area contributed by atoms with Crippen LogP contribution in [0.2, 0.25) is 0 Å². The number of thiophene rings is 1. The van der Waals surface area contributed by atoms with Gasteiger partial charge in [-0.05, 0) is 26.7 Å². The van der Waals surface area contributed by atoms with Crippen LogP contribution in [0.15, 0.2) is 0 Å². The van der Waals surface area contributed by atoms with Crippen molar-refractivity contribution < 1.29 is 9.53 Å². The maximum atomic E-state index is 12.0. The molecule has 0 spiro atoms. The van der Waals surface area contributed by atoms with Crippen LogP contribution in [-0.2, 0) is 0 Å². The summed E-state index contributed by atoms with van der Waals surface area (Å²) in [6.07, 6.45) is 0.00795. The molecule has 1 heterocycles. The van der Waals surface area contributed by atoms with Crippen molar-refractivity contribution in [1.82, 2.24) is 5.32 Å². The maximum Gasteiger partial charge on any atom is 0.263 e. The van der Waals surface area contributed by atoms with Gasteiger partial charge in [0, 0.05) is 13.1 Å². The third-order valence-corrected chi connectivity index (χ3v) is 3.61. The Hall–Kier alpha value is -1.43. The van der Waals surface area contributed by atoms with Crippen LogP contribution in [0.5, 0.6) is 5.75 Å². The van der Waals surface area contributed by atoms with E-state index in [9.17, 15) is 4.79 Å². The second kappa shape index (κ2) is 7.38. The first kappa shape index (κ1) is 16.6. The number of hydrogen-bond acceptors (Lipinski definition) is 5. The third kappa shape index (κ3) is 4.30. The smallest absolute Gasteiger partial charge is 0.263 e. The molecular formula is C14H25N3O2S. The molecule has 5 nitrogen and oxygen atoms in total. The fourth-order valence-electron chi connectivity index (χ4n) is 1.60. The monoisotopic (exact) mass is 299 g/mol. The van der Waals surface area contributed by atoms with Gasteiger partial charge in [-0.3, -0.25) is 4.79 Å². The minimum atomic E-state index is -0.152. The highest BCUT2D eigenvalue weighted by molar-refractivity contribution is 7.19. The van der Waals surface area contributed by atoms with Crippen molar-refractivity contribution >= 4 is 27.9 Å². The summed E-state index contributed by atoms with van der Waals surface area (Å²) in [6.45, 7) is 11.4. The van der Waals surface area contributed by atoms with Crippen molar-refractivity contribution in [3.8, 4) is 5.75 Å². The molecule has 0 unspecified atom stereocenters. The molecule has 0 saturated heterocycles. The molecule has 4 N–H and O–H groups in total. The average Bonchev–Trinajstić information content (AvgIpc) is 2.64. The van der Waals surface area contributed by atoms with Crippen LogP contribution < -0.4 is 21.1 Å². The van der Waals surface area contributed by atoms with Gasteiger partial charge in [0.1, 0.15) is 15.6 Å². The Morgan fingerprint density at radius 3 is 2.50 bits per heavy atom. The van der Waals surface area contributed by atoms with Crippen LogP contribution >= 0.6 is 11.3 Å². The molecule has 1 rings (SSSR count). The molecule has 1 amide bonds. The Labute approximate surface area is 124 Å². The quantitative estimate of drug-likeness (QED) is 0.723. The maximum absolute atomic E-state index is 12.0. The average molecular weight is 299 g/mol. The largest absolute Gasteiger partial charge is 0.486 e. The van der Waals surface area contributed by atoms with Crippen molar-refractivity contribution in [2.75, 3.05) is 24.1 Å². The zero-order valence-electron chi connectivity index (χ0n) is 12.9. The lowest BCUT2D eigenvalue weighted by Gasteiger charge is -2.13. The van der Waals surface area contributed by atoms with Crippen molar-refractivity contribution in [3.05, 3.63) is 4.88 Å². The van der Waals surface area contributed by atoms with E-state index in [1.54, 1.807) is 0 Å². The normalized spacial score (nSPS) is 10.9. The number of amides is 1. The molecular weight excluding hydrogens is 274 g/mol. The zero-order chi connectivity index (χ0) is 15.3. The predicted molar refractivity (Wildman–Crippen MR) is 85.8 cm³/mol. The third-order valence-electron chi connectivity index (χ3n) is 2.47. The van der Waals surface area contributed by atoms with E-state index in [4.69, 9.17) is 10.5 Å². The van der Waals surface area contributed by atoms with Gasteiger partial charge in [-0.1, -0.05) is 13.8 Å². The number of nitrogens with two attached hydrogens (primary N) is 1. The summed E-state index contributed by atoms with van der Waals surface area (Å²) >= 11 is 1.34. The summed E-state index contributed by atoms with van der Waals surface area (Å²) in [5.74, 6) is 0.936. The van der Waals surface area contributed by atoms with Crippen molar-refractivity contribution in [2.45, 2.75) is 40.7 Å². The second-order valence-corrected chi connectivity index (χ2v) is 6.32. The molecule has 1 aromatic heterocycles. The minimum absolute atomic E-state index is 0.00795. The SMILES string of the molecule is CCNC(=O)c1sc(NCC(C)C)c(OC(C)C)c1N. The molecule has 1 aromatic rings. The van der Waals surface area contributed by atoms with Crippen LogP contribution in [0.1, 0.15) is 44.3 Å². The molecule has 0 aliphatic rings. The molecule has 0 atom stereocenters. The van der Waals surface area contributed by atoms with Crippen molar-refractivity contribution in [1.29, 1.82) is 0 Å². The summed E-state index contributed by atoms with van der Waals surface area (Å²) in [7, 11) is 0. The second-order valence-electron chi connectivity index (χ2n) is 5.30. The van der Waals surface area contributed by atoms with Gasteiger partial charge >= 0.3 is 0 Å². The zero-order valence-corrected chi connectivity index (χ0v) is 13.7. The Bertz CT molecular complexity index is 456. The Morgan fingerprint density at radius 2 is 2.00 bits per heavy atom. The number of hydrogen-bond donors (Lipinski definition) is 3. The minimum Gasteiger partial charge on any atom is -0.486 e. The Kier molecular flexibility index (Phi) is 6.13. The van der Waals surface area contributed by atoms with Crippen LogP contribution in [0.25, 0.3) is 0 Å². The molecule has 0 saturated carbocycles. The topological polar surface area (TPSA) is 76.4 Å². The molecule has 0 aliphatic heterocycles. The highest BCUT2D eigenvalue weighted by atomic mass is 32.1. The highest BCUT2D eigenvalue weighted by Crippen LogP contribution is 2.43. The van der Waals surface area contributed by atoms with Crippen LogP contribution in [0.3, 0.4) is 0 Å². The van der Waals surface area contributed by atoms with Gasteiger partial charge in [0.2, 0.25) is 0 Å². The molecule has 114 valence electrons. The Balaban J connectivity index is 3.06. The molecule has 0 radical (unpaired) electrons. The van der Waals surface area contributed by atoms with Gasteiger partial charge < -0.3 is 21.1 Å². The first-order valence-electron chi connectivity index (χ1n) is 6.97. The molecule has 0 fully saturated rings. The van der Waals surface area contributed by atoms with Crippen LogP contribution in [0, 0.1) is 5.92 Å². The number of ether oxygens (including phenoxy) is 1. The van der Waals surface area contributed by atoms with Crippen molar-refractivity contribution in [3.63, 3.8) is 0 Å². The molecule has 20 heavy (non-hydrogen) atoms. The predicted octanol–water partition coefficient (Wildman–Crippen LogP) is 2.94. The van der Waals surface area contributed by atoms with Gasteiger partial charge in [-0.15, -0.1) is 11.3 Å². The van der Waals surface area contributed by atoms with E-state index in [0.29, 0.717) is 28.8 Å². The van der Waals surface area contributed by atoms with Crippen molar-refractivity contribution in [2.24, 2.45) is 5.92 Å². The lowest BCUT2D eigenvalue weighted by atomic mass is 10.2. The highest BCUT2D eigenvalue weighted by Gasteiger charge is 2.22. The van der Waals surface area contributed by atoms with E-state index in [-0.39, 0.29) is 12.0 Å².